The van der Waals surface area contributed by atoms with Gasteiger partial charge in [0.15, 0.2) is 0 Å². The van der Waals surface area contributed by atoms with Gasteiger partial charge in [-0.1, -0.05) is 68.2 Å². The van der Waals surface area contributed by atoms with E-state index in [0.29, 0.717) is 11.1 Å². The van der Waals surface area contributed by atoms with Gasteiger partial charge in [0.05, 0.1) is 0 Å². The van der Waals surface area contributed by atoms with E-state index in [2.05, 4.69) is 55.4 Å². The molecule has 0 aromatic carbocycles. The summed E-state index contributed by atoms with van der Waals surface area (Å²) < 4.78 is 25.7. The van der Waals surface area contributed by atoms with E-state index in [1.807, 2.05) is 0 Å². The molecular weight excluding hydrogens is 384 g/mol. The molecule has 0 aromatic rings. The first-order valence-electron chi connectivity index (χ1n) is 11.9. The fourth-order valence-electron chi connectivity index (χ4n) is 3.46. The van der Waals surface area contributed by atoms with Crippen molar-refractivity contribution < 1.29 is 17.7 Å². The minimum Gasteiger partial charge on any atom is -0.394 e. The van der Waals surface area contributed by atoms with Gasteiger partial charge in [0.25, 0.3) is 0 Å². The van der Waals surface area contributed by atoms with Gasteiger partial charge in [-0.15, -0.1) is 0 Å². The molecule has 0 aliphatic carbocycles. The molecule has 0 radical (unpaired) electrons. The van der Waals surface area contributed by atoms with Crippen molar-refractivity contribution in [1.82, 2.24) is 0 Å². The second-order valence-electron chi connectivity index (χ2n) is 8.53. The van der Waals surface area contributed by atoms with E-state index in [4.69, 9.17) is 17.7 Å². The third-order valence-electron chi connectivity index (χ3n) is 5.26. The zero-order chi connectivity index (χ0) is 21.5. The van der Waals surface area contributed by atoms with Crippen LogP contribution in [0.5, 0.6) is 0 Å². The molecule has 28 heavy (non-hydrogen) atoms. The lowest BCUT2D eigenvalue weighted by Crippen LogP contribution is -2.47. The van der Waals surface area contributed by atoms with Gasteiger partial charge in [-0.3, -0.25) is 0 Å². The predicted octanol–water partition coefficient (Wildman–Crippen LogP) is 7.18. The molecule has 0 fully saturated rings. The zero-order valence-electron chi connectivity index (χ0n) is 20.3. The number of unbranched alkanes of at least 4 members (excludes halogenated alkanes) is 1. The SMILES string of the molecule is CCCO[Si](CCCC[Si](OCCC)(OCCC)C(C)C)(OCCC)C(C)C. The first kappa shape index (κ1) is 28.3. The van der Waals surface area contributed by atoms with Gasteiger partial charge < -0.3 is 17.7 Å². The molecule has 0 aliphatic heterocycles. The summed E-state index contributed by atoms with van der Waals surface area (Å²) in [5.41, 5.74) is 0.954. The summed E-state index contributed by atoms with van der Waals surface area (Å²) in [6, 6.07) is 2.16. The first-order chi connectivity index (χ1) is 13.3. The van der Waals surface area contributed by atoms with Gasteiger partial charge >= 0.3 is 17.1 Å². The van der Waals surface area contributed by atoms with Crippen LogP contribution in [-0.2, 0) is 17.7 Å². The molecule has 0 aromatic heterocycles. The lowest BCUT2D eigenvalue weighted by molar-refractivity contribution is 0.155. The van der Waals surface area contributed by atoms with Crippen LogP contribution in [0.2, 0.25) is 23.2 Å². The lowest BCUT2D eigenvalue weighted by Gasteiger charge is -2.36. The van der Waals surface area contributed by atoms with Crippen molar-refractivity contribution in [2.75, 3.05) is 26.4 Å². The minimum atomic E-state index is -2.16. The topological polar surface area (TPSA) is 36.9 Å². The second kappa shape index (κ2) is 16.0. The van der Waals surface area contributed by atoms with E-state index in [1.165, 1.54) is 0 Å². The Morgan fingerprint density at radius 2 is 0.750 bits per heavy atom. The average Bonchev–Trinajstić information content (AvgIpc) is 2.67. The molecule has 0 rings (SSSR count). The highest BCUT2D eigenvalue weighted by atomic mass is 28.4. The van der Waals surface area contributed by atoms with Crippen LogP contribution >= 0.6 is 0 Å². The van der Waals surface area contributed by atoms with Gasteiger partial charge in [-0.2, -0.15) is 0 Å². The monoisotopic (exact) mass is 434 g/mol. The van der Waals surface area contributed by atoms with E-state index in [9.17, 15) is 0 Å². The Hall–Kier alpha value is 0.274. The molecule has 0 unspecified atom stereocenters. The maximum absolute atomic E-state index is 6.42. The quantitative estimate of drug-likeness (QED) is 0.159. The first-order valence-corrected chi connectivity index (χ1v) is 16.1. The number of rotatable bonds is 19. The summed E-state index contributed by atoms with van der Waals surface area (Å²) >= 11 is 0. The molecule has 0 bridgehead atoms. The molecular formula is C22H50O4Si2. The van der Waals surface area contributed by atoms with Crippen molar-refractivity contribution in [2.45, 2.75) is 117 Å². The summed E-state index contributed by atoms with van der Waals surface area (Å²) in [6.07, 6.45) is 6.49. The maximum atomic E-state index is 6.42. The Balaban J connectivity index is 4.99. The van der Waals surface area contributed by atoms with Crippen molar-refractivity contribution in [2.24, 2.45) is 0 Å². The van der Waals surface area contributed by atoms with E-state index >= 15 is 0 Å². The molecule has 6 heteroatoms. The predicted molar refractivity (Wildman–Crippen MR) is 126 cm³/mol. The molecule has 0 atom stereocenters. The van der Waals surface area contributed by atoms with Crippen LogP contribution in [-0.4, -0.2) is 43.5 Å². The van der Waals surface area contributed by atoms with Crippen LogP contribution in [0.3, 0.4) is 0 Å². The standard InChI is InChI=1S/C22H50O4Si2/c1-9-15-23-27(21(5)6,24-16-10-2)19-13-14-20-28(22(7)8,25-17-11-3)26-18-12-4/h21-22H,9-20H2,1-8H3. The molecule has 0 heterocycles. The fraction of sp³-hybridized carbons (Fsp3) is 1.00. The molecule has 4 nitrogen and oxygen atoms in total. The highest BCUT2D eigenvalue weighted by molar-refractivity contribution is 6.69. The number of hydrogen-bond acceptors (Lipinski definition) is 4. The molecule has 0 aliphatic rings. The third kappa shape index (κ3) is 9.85. The van der Waals surface area contributed by atoms with Gasteiger partial charge in [-0.25, -0.2) is 0 Å². The molecule has 0 spiro atoms. The average molecular weight is 435 g/mol. The van der Waals surface area contributed by atoms with Crippen molar-refractivity contribution in [3.8, 4) is 0 Å². The van der Waals surface area contributed by atoms with Crippen molar-refractivity contribution >= 4 is 17.1 Å². The maximum Gasteiger partial charge on any atom is 0.340 e. The van der Waals surface area contributed by atoms with Crippen LogP contribution in [0, 0.1) is 0 Å². The highest BCUT2D eigenvalue weighted by Gasteiger charge is 2.43. The summed E-state index contributed by atoms with van der Waals surface area (Å²) in [5, 5.41) is 0. The molecule has 170 valence electrons. The Morgan fingerprint density at radius 1 is 0.500 bits per heavy atom. The Morgan fingerprint density at radius 3 is 0.929 bits per heavy atom. The van der Waals surface area contributed by atoms with Crippen molar-refractivity contribution in [3.63, 3.8) is 0 Å². The van der Waals surface area contributed by atoms with E-state index in [-0.39, 0.29) is 0 Å². The Labute approximate surface area is 178 Å². The third-order valence-corrected chi connectivity index (χ3v) is 13.7. The summed E-state index contributed by atoms with van der Waals surface area (Å²) in [7, 11) is -4.31. The zero-order valence-corrected chi connectivity index (χ0v) is 22.3. The van der Waals surface area contributed by atoms with Crippen LogP contribution in [0.1, 0.15) is 93.9 Å². The van der Waals surface area contributed by atoms with E-state index < -0.39 is 17.1 Å². The van der Waals surface area contributed by atoms with Crippen molar-refractivity contribution in [3.05, 3.63) is 0 Å². The van der Waals surface area contributed by atoms with Crippen LogP contribution in [0.15, 0.2) is 0 Å². The van der Waals surface area contributed by atoms with Gasteiger partial charge in [0.1, 0.15) is 0 Å². The van der Waals surface area contributed by atoms with Crippen molar-refractivity contribution in [1.29, 1.82) is 0 Å². The lowest BCUT2D eigenvalue weighted by atomic mass is 10.4. The Kier molecular flexibility index (Phi) is 16.2. The van der Waals surface area contributed by atoms with Gasteiger partial charge in [-0.05, 0) is 48.9 Å². The molecule has 0 saturated heterocycles. The number of hydrogen-bond donors (Lipinski definition) is 0. The molecule has 0 amide bonds. The van der Waals surface area contributed by atoms with Gasteiger partial charge in [0, 0.05) is 26.4 Å². The van der Waals surface area contributed by atoms with Crippen LogP contribution < -0.4 is 0 Å². The summed E-state index contributed by atoms with van der Waals surface area (Å²) in [5.74, 6) is 0. The van der Waals surface area contributed by atoms with Crippen LogP contribution in [0.25, 0.3) is 0 Å². The molecule has 0 N–H and O–H groups in total. The summed E-state index contributed by atoms with van der Waals surface area (Å²) in [4.78, 5) is 0. The van der Waals surface area contributed by atoms with E-state index in [0.717, 1.165) is 77.0 Å². The molecule has 0 saturated carbocycles. The largest absolute Gasteiger partial charge is 0.394 e. The van der Waals surface area contributed by atoms with Gasteiger partial charge in [0.2, 0.25) is 0 Å². The second-order valence-corrected chi connectivity index (χ2v) is 16.2. The minimum absolute atomic E-state index is 0.477. The normalized spacial score (nSPS) is 13.1. The Bertz CT molecular complexity index is 314. The smallest absolute Gasteiger partial charge is 0.340 e. The van der Waals surface area contributed by atoms with E-state index in [1.54, 1.807) is 0 Å². The highest BCUT2D eigenvalue weighted by Crippen LogP contribution is 2.34. The van der Waals surface area contributed by atoms with Crippen LogP contribution in [0.4, 0.5) is 0 Å². The fourth-order valence-corrected chi connectivity index (χ4v) is 10.4. The summed E-state index contributed by atoms with van der Waals surface area (Å²) in [6.45, 7) is 21.1.